The van der Waals surface area contributed by atoms with E-state index in [9.17, 15) is 8.42 Å². The molecule has 4 aromatic rings. The summed E-state index contributed by atoms with van der Waals surface area (Å²) in [6.45, 7) is 3.52. The predicted molar refractivity (Wildman–Crippen MR) is 150 cm³/mol. The predicted octanol–water partition coefficient (Wildman–Crippen LogP) is 5.50. The molecule has 0 bridgehead atoms. The Labute approximate surface area is 223 Å². The number of hydrogen-bond donors (Lipinski definition) is 0. The van der Waals surface area contributed by atoms with Crippen molar-refractivity contribution in [3.8, 4) is 17.2 Å². The highest BCUT2D eigenvalue weighted by Gasteiger charge is 2.31. The molecule has 2 heterocycles. The van der Waals surface area contributed by atoms with Crippen molar-refractivity contribution in [2.45, 2.75) is 24.8 Å². The van der Waals surface area contributed by atoms with E-state index in [1.165, 1.54) is 35.5 Å². The minimum absolute atomic E-state index is 0.113. The summed E-state index contributed by atoms with van der Waals surface area (Å²) in [5.41, 5.74) is 5.81. The molecule has 0 aliphatic carbocycles. The van der Waals surface area contributed by atoms with Gasteiger partial charge in [-0.1, -0.05) is 36.4 Å². The molecule has 0 saturated heterocycles. The van der Waals surface area contributed by atoms with Crippen LogP contribution in [0.1, 0.15) is 23.2 Å². The van der Waals surface area contributed by atoms with Crippen molar-refractivity contribution in [2.24, 2.45) is 0 Å². The summed E-state index contributed by atoms with van der Waals surface area (Å²) in [6.07, 6.45) is 2.65. The van der Waals surface area contributed by atoms with E-state index in [0.29, 0.717) is 31.0 Å². The standard InChI is InChI=1S/C30H32N2O5S/c1-21-30(26-10-5-6-11-27(26)32(21)20-22-8-7-9-24(18-22)35-2)23-14-16-31(17-15-23)38(33,34)29-19-25(36-3)12-13-28(29)37-4/h5-14,18-19H,15-17,20H2,1-4H3. The topological polar surface area (TPSA) is 70.0 Å². The average Bonchev–Trinajstić information content (AvgIpc) is 3.23. The van der Waals surface area contributed by atoms with E-state index in [2.05, 4.69) is 47.9 Å². The SMILES string of the molecule is COc1cccc(Cn2c(C)c(C3=CCN(S(=O)(=O)c4cc(OC)ccc4OC)CC3)c3ccccc32)c1. The highest BCUT2D eigenvalue weighted by molar-refractivity contribution is 7.89. The molecule has 7 nitrogen and oxygen atoms in total. The van der Waals surface area contributed by atoms with Crippen LogP contribution in [0.2, 0.25) is 0 Å². The van der Waals surface area contributed by atoms with Crippen LogP contribution in [-0.4, -0.2) is 51.7 Å². The molecule has 0 spiro atoms. The number of sulfonamides is 1. The van der Waals surface area contributed by atoms with Gasteiger partial charge in [0.15, 0.2) is 0 Å². The van der Waals surface area contributed by atoms with Crippen LogP contribution in [-0.2, 0) is 16.6 Å². The first-order valence-corrected chi connectivity index (χ1v) is 13.9. The van der Waals surface area contributed by atoms with Gasteiger partial charge in [0.25, 0.3) is 0 Å². The maximum Gasteiger partial charge on any atom is 0.247 e. The largest absolute Gasteiger partial charge is 0.497 e. The molecule has 0 unspecified atom stereocenters. The molecule has 0 atom stereocenters. The third kappa shape index (κ3) is 4.66. The van der Waals surface area contributed by atoms with Crippen molar-refractivity contribution in [3.05, 3.63) is 89.6 Å². The van der Waals surface area contributed by atoms with Crippen LogP contribution in [0.3, 0.4) is 0 Å². The van der Waals surface area contributed by atoms with Crippen LogP contribution in [0.25, 0.3) is 16.5 Å². The smallest absolute Gasteiger partial charge is 0.247 e. The number of ether oxygens (including phenoxy) is 3. The van der Waals surface area contributed by atoms with Gasteiger partial charge < -0.3 is 18.8 Å². The van der Waals surface area contributed by atoms with E-state index in [1.54, 1.807) is 19.2 Å². The van der Waals surface area contributed by atoms with E-state index >= 15 is 0 Å². The van der Waals surface area contributed by atoms with Crippen LogP contribution in [0.15, 0.2) is 77.7 Å². The summed E-state index contributed by atoms with van der Waals surface area (Å²) in [5, 5.41) is 1.17. The van der Waals surface area contributed by atoms with Crippen molar-refractivity contribution < 1.29 is 22.6 Å². The lowest BCUT2D eigenvalue weighted by atomic mass is 9.97. The zero-order valence-electron chi connectivity index (χ0n) is 22.1. The number of nitrogens with zero attached hydrogens (tertiary/aromatic N) is 2. The summed E-state index contributed by atoms with van der Waals surface area (Å²) in [6, 6.07) is 21.3. The van der Waals surface area contributed by atoms with Crippen LogP contribution in [0.5, 0.6) is 17.2 Å². The summed E-state index contributed by atoms with van der Waals surface area (Å²) in [7, 11) is 0.893. The Bertz CT molecular complexity index is 1620. The Morgan fingerprint density at radius 1 is 0.868 bits per heavy atom. The maximum absolute atomic E-state index is 13.6. The fourth-order valence-electron chi connectivity index (χ4n) is 5.21. The van der Waals surface area contributed by atoms with Gasteiger partial charge in [-0.05, 0) is 54.8 Å². The molecule has 0 radical (unpaired) electrons. The second kappa shape index (κ2) is 10.6. The Balaban J connectivity index is 1.49. The van der Waals surface area contributed by atoms with Crippen LogP contribution in [0.4, 0.5) is 0 Å². The van der Waals surface area contributed by atoms with Crippen molar-refractivity contribution in [1.82, 2.24) is 8.87 Å². The van der Waals surface area contributed by atoms with E-state index in [1.807, 2.05) is 18.2 Å². The van der Waals surface area contributed by atoms with Gasteiger partial charge in [-0.2, -0.15) is 4.31 Å². The van der Waals surface area contributed by atoms with Gasteiger partial charge in [0.1, 0.15) is 22.1 Å². The second-order valence-corrected chi connectivity index (χ2v) is 11.2. The zero-order valence-corrected chi connectivity index (χ0v) is 22.9. The highest BCUT2D eigenvalue weighted by Crippen LogP contribution is 2.37. The molecule has 8 heteroatoms. The van der Waals surface area contributed by atoms with Gasteiger partial charge in [-0.3, -0.25) is 0 Å². The van der Waals surface area contributed by atoms with Crippen LogP contribution >= 0.6 is 0 Å². The number of para-hydroxylation sites is 1. The van der Waals surface area contributed by atoms with Crippen molar-refractivity contribution in [3.63, 3.8) is 0 Å². The normalized spacial score (nSPS) is 14.4. The number of aromatic nitrogens is 1. The average molecular weight is 533 g/mol. The minimum atomic E-state index is -3.77. The number of rotatable bonds is 8. The molecule has 1 aromatic heterocycles. The lowest BCUT2D eigenvalue weighted by Gasteiger charge is -2.27. The molecule has 5 rings (SSSR count). The molecule has 3 aromatic carbocycles. The lowest BCUT2D eigenvalue weighted by molar-refractivity contribution is 0.386. The Hall–Kier alpha value is -3.75. The molecular formula is C30H32N2O5S. The fourth-order valence-corrected chi connectivity index (χ4v) is 6.77. The molecule has 0 amide bonds. The molecule has 1 aliphatic rings. The van der Waals surface area contributed by atoms with E-state index in [4.69, 9.17) is 14.2 Å². The monoisotopic (exact) mass is 532 g/mol. The molecule has 1 aliphatic heterocycles. The Kier molecular flexibility index (Phi) is 7.19. The summed E-state index contributed by atoms with van der Waals surface area (Å²) in [5.74, 6) is 1.61. The third-order valence-corrected chi connectivity index (χ3v) is 9.07. The van der Waals surface area contributed by atoms with Gasteiger partial charge in [-0.15, -0.1) is 0 Å². The van der Waals surface area contributed by atoms with Crippen molar-refractivity contribution >= 4 is 26.5 Å². The minimum Gasteiger partial charge on any atom is -0.497 e. The summed E-state index contributed by atoms with van der Waals surface area (Å²) < 4.78 is 47.0. The molecule has 198 valence electrons. The van der Waals surface area contributed by atoms with Crippen LogP contribution in [0, 0.1) is 6.92 Å². The van der Waals surface area contributed by atoms with Gasteiger partial charge in [0.05, 0.1) is 21.3 Å². The molecule has 0 fully saturated rings. The molecule has 38 heavy (non-hydrogen) atoms. The second-order valence-electron chi connectivity index (χ2n) is 9.27. The number of methoxy groups -OCH3 is 3. The Morgan fingerprint density at radius 2 is 1.63 bits per heavy atom. The number of hydrogen-bond acceptors (Lipinski definition) is 5. The van der Waals surface area contributed by atoms with Gasteiger partial charge >= 0.3 is 0 Å². The van der Waals surface area contributed by atoms with Gasteiger partial charge in [0, 0.05) is 47.9 Å². The zero-order chi connectivity index (χ0) is 26.9. The third-order valence-electron chi connectivity index (χ3n) is 7.19. The molecule has 0 N–H and O–H groups in total. The first-order chi connectivity index (χ1) is 18.4. The van der Waals surface area contributed by atoms with Crippen LogP contribution < -0.4 is 14.2 Å². The fraction of sp³-hybridized carbons (Fsp3) is 0.267. The summed E-state index contributed by atoms with van der Waals surface area (Å²) >= 11 is 0. The molecule has 0 saturated carbocycles. The lowest BCUT2D eigenvalue weighted by Crippen LogP contribution is -2.35. The van der Waals surface area contributed by atoms with Gasteiger partial charge in [0.2, 0.25) is 10.0 Å². The van der Waals surface area contributed by atoms with E-state index in [0.717, 1.165) is 28.1 Å². The highest BCUT2D eigenvalue weighted by atomic mass is 32.2. The van der Waals surface area contributed by atoms with E-state index in [-0.39, 0.29) is 11.4 Å². The van der Waals surface area contributed by atoms with Gasteiger partial charge in [-0.25, -0.2) is 8.42 Å². The Morgan fingerprint density at radius 3 is 2.34 bits per heavy atom. The first kappa shape index (κ1) is 25.9. The maximum atomic E-state index is 13.6. The van der Waals surface area contributed by atoms with Crippen molar-refractivity contribution in [2.75, 3.05) is 34.4 Å². The summed E-state index contributed by atoms with van der Waals surface area (Å²) in [4.78, 5) is 0.113. The first-order valence-electron chi connectivity index (χ1n) is 12.5. The number of benzene rings is 3. The quantitative estimate of drug-likeness (QED) is 0.300. The van der Waals surface area contributed by atoms with Crippen molar-refractivity contribution in [1.29, 1.82) is 0 Å². The molecular weight excluding hydrogens is 500 g/mol. The number of fused-ring (bicyclic) bond motifs is 1. The van der Waals surface area contributed by atoms with E-state index < -0.39 is 10.0 Å².